The van der Waals surface area contributed by atoms with E-state index < -0.39 is 11.9 Å². The number of fused-ring (bicyclic) bond motifs is 1. The van der Waals surface area contributed by atoms with Gasteiger partial charge in [-0.15, -0.1) is 0 Å². The number of anilines is 1. The van der Waals surface area contributed by atoms with Gasteiger partial charge in [-0.1, -0.05) is 0 Å². The first kappa shape index (κ1) is 19.8. The van der Waals surface area contributed by atoms with Gasteiger partial charge >= 0.3 is 6.18 Å². The molecule has 0 aliphatic rings. The number of nitrogens with zero attached hydrogens (tertiary/aromatic N) is 5. The maximum Gasteiger partial charge on any atom is 0.433 e. The van der Waals surface area contributed by atoms with Gasteiger partial charge in [0.05, 0.1) is 17.4 Å². The lowest BCUT2D eigenvalue weighted by Gasteiger charge is -2.22. The second-order valence-electron chi connectivity index (χ2n) is 6.17. The summed E-state index contributed by atoms with van der Waals surface area (Å²) in [7, 11) is 0. The van der Waals surface area contributed by atoms with Crippen molar-refractivity contribution in [2.75, 3.05) is 18.0 Å². The fraction of sp³-hybridized carbons (Fsp3) is 0.368. The third-order valence-corrected chi connectivity index (χ3v) is 4.55. The molecule has 0 spiro atoms. The third kappa shape index (κ3) is 3.56. The lowest BCUT2D eigenvalue weighted by molar-refractivity contribution is -0.141. The molecule has 9 heteroatoms. The maximum absolute atomic E-state index is 12.8. The first-order valence-electron chi connectivity index (χ1n) is 8.98. The summed E-state index contributed by atoms with van der Waals surface area (Å²) >= 11 is 0. The molecule has 0 unspecified atom stereocenters. The van der Waals surface area contributed by atoms with Crippen molar-refractivity contribution in [2.45, 2.75) is 33.5 Å². The zero-order chi connectivity index (χ0) is 20.5. The van der Waals surface area contributed by atoms with Crippen LogP contribution in [0.2, 0.25) is 0 Å². The number of alkyl halides is 3. The van der Waals surface area contributed by atoms with Crippen LogP contribution in [0.25, 0.3) is 22.2 Å². The summed E-state index contributed by atoms with van der Waals surface area (Å²) in [5, 5.41) is 0.371. The van der Waals surface area contributed by atoms with E-state index >= 15 is 0 Å². The van der Waals surface area contributed by atoms with E-state index in [9.17, 15) is 18.0 Å². The standard InChI is InChI=1S/C19H20F3N5O/c1-4-26(5-2)17-16-13(18(28)27(6-3)11-24-16)9-14(25-17)12-7-8-15(23-10-12)19(20,21)22/h7-11H,4-6H2,1-3H3. The lowest BCUT2D eigenvalue weighted by Crippen LogP contribution is -2.26. The highest BCUT2D eigenvalue weighted by Crippen LogP contribution is 2.30. The van der Waals surface area contributed by atoms with E-state index in [1.165, 1.54) is 17.0 Å². The maximum atomic E-state index is 12.8. The van der Waals surface area contributed by atoms with Gasteiger partial charge in [0.2, 0.25) is 0 Å². The molecule has 0 aromatic carbocycles. The van der Waals surface area contributed by atoms with Gasteiger partial charge in [-0.05, 0) is 39.0 Å². The van der Waals surface area contributed by atoms with Crippen LogP contribution in [0.4, 0.5) is 19.0 Å². The van der Waals surface area contributed by atoms with E-state index in [0.717, 1.165) is 12.3 Å². The predicted molar refractivity (Wildman–Crippen MR) is 101 cm³/mol. The Morgan fingerprint density at radius 3 is 2.36 bits per heavy atom. The predicted octanol–water partition coefficient (Wildman–Crippen LogP) is 3.74. The Morgan fingerprint density at radius 2 is 1.82 bits per heavy atom. The zero-order valence-corrected chi connectivity index (χ0v) is 15.8. The quantitative estimate of drug-likeness (QED) is 0.663. The number of aryl methyl sites for hydroxylation is 1. The van der Waals surface area contributed by atoms with Crippen molar-refractivity contribution in [1.82, 2.24) is 19.5 Å². The normalized spacial score (nSPS) is 11.8. The lowest BCUT2D eigenvalue weighted by atomic mass is 10.1. The zero-order valence-electron chi connectivity index (χ0n) is 15.8. The Labute approximate surface area is 159 Å². The van der Waals surface area contributed by atoms with Crippen LogP contribution in [-0.4, -0.2) is 32.6 Å². The minimum absolute atomic E-state index is 0.218. The molecule has 3 heterocycles. The van der Waals surface area contributed by atoms with Gasteiger partial charge in [0.1, 0.15) is 11.2 Å². The second kappa shape index (κ2) is 7.57. The smallest absolute Gasteiger partial charge is 0.355 e. The highest BCUT2D eigenvalue weighted by molar-refractivity contribution is 5.91. The summed E-state index contributed by atoms with van der Waals surface area (Å²) in [5.74, 6) is 0.526. The van der Waals surface area contributed by atoms with Crippen molar-refractivity contribution >= 4 is 16.7 Å². The summed E-state index contributed by atoms with van der Waals surface area (Å²) in [6, 6.07) is 3.78. The fourth-order valence-electron chi connectivity index (χ4n) is 2.98. The number of pyridine rings is 2. The van der Waals surface area contributed by atoms with Gasteiger partial charge < -0.3 is 4.90 Å². The molecule has 0 saturated heterocycles. The van der Waals surface area contributed by atoms with Gasteiger partial charge in [0.25, 0.3) is 5.56 Å². The molecule has 3 aromatic rings. The molecular weight excluding hydrogens is 371 g/mol. The third-order valence-electron chi connectivity index (χ3n) is 4.55. The van der Waals surface area contributed by atoms with E-state index in [0.29, 0.717) is 47.6 Å². The van der Waals surface area contributed by atoms with E-state index in [1.54, 1.807) is 6.07 Å². The summed E-state index contributed by atoms with van der Waals surface area (Å²) in [6.45, 7) is 7.49. The molecule has 0 saturated carbocycles. The van der Waals surface area contributed by atoms with Crippen LogP contribution in [-0.2, 0) is 12.7 Å². The molecular formula is C19H20F3N5O. The monoisotopic (exact) mass is 391 g/mol. The van der Waals surface area contributed by atoms with Gasteiger partial charge in [-0.25, -0.2) is 9.97 Å². The van der Waals surface area contributed by atoms with Gasteiger partial charge in [0.15, 0.2) is 5.82 Å². The summed E-state index contributed by atoms with van der Waals surface area (Å²) in [5.41, 5.74) is 0.0560. The average Bonchev–Trinajstić information content (AvgIpc) is 2.69. The SMILES string of the molecule is CCN(CC)c1nc(-c2ccc(C(F)(F)F)nc2)cc2c(=O)n(CC)cnc12. The van der Waals surface area contributed by atoms with Crippen LogP contribution in [0.3, 0.4) is 0 Å². The first-order valence-corrected chi connectivity index (χ1v) is 8.98. The highest BCUT2D eigenvalue weighted by atomic mass is 19.4. The Balaban J connectivity index is 2.25. The summed E-state index contributed by atoms with van der Waals surface area (Å²) in [6.07, 6.45) is -1.91. The molecule has 148 valence electrons. The van der Waals surface area contributed by atoms with E-state index in [2.05, 4.69) is 15.0 Å². The Morgan fingerprint density at radius 1 is 1.11 bits per heavy atom. The molecule has 0 radical (unpaired) electrons. The fourth-order valence-corrected chi connectivity index (χ4v) is 2.98. The summed E-state index contributed by atoms with van der Waals surface area (Å²) < 4.78 is 39.8. The van der Waals surface area contributed by atoms with Crippen molar-refractivity contribution in [2.24, 2.45) is 0 Å². The number of halogens is 3. The molecule has 0 aliphatic heterocycles. The Bertz CT molecular complexity index is 1040. The summed E-state index contributed by atoms with van der Waals surface area (Å²) in [4.78, 5) is 27.2. The molecule has 0 N–H and O–H groups in total. The molecule has 0 bridgehead atoms. The van der Waals surface area contributed by atoms with Gasteiger partial charge in [-0.3, -0.25) is 14.3 Å². The first-order chi connectivity index (χ1) is 13.3. The second-order valence-corrected chi connectivity index (χ2v) is 6.17. The van der Waals surface area contributed by atoms with Crippen molar-refractivity contribution in [3.63, 3.8) is 0 Å². The van der Waals surface area contributed by atoms with Gasteiger partial charge in [0, 0.05) is 31.4 Å². The van der Waals surface area contributed by atoms with Crippen LogP contribution in [0.15, 0.2) is 35.5 Å². The molecule has 28 heavy (non-hydrogen) atoms. The van der Waals surface area contributed by atoms with Crippen molar-refractivity contribution in [1.29, 1.82) is 0 Å². The minimum Gasteiger partial charge on any atom is -0.355 e. The molecule has 0 amide bonds. The molecule has 0 atom stereocenters. The van der Waals surface area contributed by atoms with Crippen molar-refractivity contribution in [3.05, 3.63) is 46.8 Å². The van der Waals surface area contributed by atoms with Crippen LogP contribution in [0.1, 0.15) is 26.5 Å². The van der Waals surface area contributed by atoms with E-state index in [4.69, 9.17) is 0 Å². The molecule has 3 aromatic heterocycles. The van der Waals surface area contributed by atoms with E-state index in [-0.39, 0.29) is 5.56 Å². The average molecular weight is 391 g/mol. The molecule has 0 fully saturated rings. The van der Waals surface area contributed by atoms with Crippen LogP contribution >= 0.6 is 0 Å². The van der Waals surface area contributed by atoms with Gasteiger partial charge in [-0.2, -0.15) is 13.2 Å². The van der Waals surface area contributed by atoms with Crippen molar-refractivity contribution < 1.29 is 13.2 Å². The van der Waals surface area contributed by atoms with Crippen LogP contribution in [0, 0.1) is 0 Å². The molecule has 0 aliphatic carbocycles. The van der Waals surface area contributed by atoms with Crippen molar-refractivity contribution in [3.8, 4) is 11.3 Å². The number of hydrogen-bond donors (Lipinski definition) is 0. The number of rotatable bonds is 5. The van der Waals surface area contributed by atoms with Crippen LogP contribution in [0.5, 0.6) is 0 Å². The largest absolute Gasteiger partial charge is 0.433 e. The Kier molecular flexibility index (Phi) is 5.35. The minimum atomic E-state index is -4.51. The highest BCUT2D eigenvalue weighted by Gasteiger charge is 2.32. The van der Waals surface area contributed by atoms with Crippen LogP contribution < -0.4 is 10.5 Å². The molecule has 3 rings (SSSR count). The Hall–Kier alpha value is -2.97. The molecule has 6 nitrogen and oxygen atoms in total. The van der Waals surface area contributed by atoms with E-state index in [1.807, 2.05) is 25.7 Å². The topological polar surface area (TPSA) is 63.9 Å². The number of aromatic nitrogens is 4. The number of hydrogen-bond acceptors (Lipinski definition) is 5.